The number of benzene rings is 1. The van der Waals surface area contributed by atoms with E-state index in [1.54, 1.807) is 11.2 Å². The van der Waals surface area contributed by atoms with E-state index in [2.05, 4.69) is 36.0 Å². The van der Waals surface area contributed by atoms with Crippen LogP contribution in [-0.2, 0) is 11.2 Å². The lowest BCUT2D eigenvalue weighted by atomic mass is 10.1. The van der Waals surface area contributed by atoms with Crippen molar-refractivity contribution in [1.29, 1.82) is 0 Å². The molecule has 11 nitrogen and oxygen atoms in total. The Morgan fingerprint density at radius 2 is 1.89 bits per heavy atom. The zero-order valence-corrected chi connectivity index (χ0v) is 21.8. The number of aliphatic hydroxyl groups is 1. The van der Waals surface area contributed by atoms with Gasteiger partial charge in [0.15, 0.2) is 5.82 Å². The summed E-state index contributed by atoms with van der Waals surface area (Å²) in [6.07, 6.45) is 4.53. The van der Waals surface area contributed by atoms with E-state index in [4.69, 9.17) is 9.26 Å². The normalized spacial score (nSPS) is 20.4. The van der Waals surface area contributed by atoms with Crippen LogP contribution < -0.4 is 19.4 Å². The second-order valence-corrected chi connectivity index (χ2v) is 10.5. The molecule has 200 valence electrons. The van der Waals surface area contributed by atoms with E-state index in [9.17, 15) is 9.90 Å². The van der Waals surface area contributed by atoms with Gasteiger partial charge in [-0.15, -0.1) is 0 Å². The smallest absolute Gasteiger partial charge is 0.324 e. The fourth-order valence-corrected chi connectivity index (χ4v) is 5.37. The predicted octanol–water partition coefficient (Wildman–Crippen LogP) is 3.21. The molecule has 0 saturated carbocycles. The van der Waals surface area contributed by atoms with Crippen LogP contribution in [0.1, 0.15) is 56.8 Å². The average molecular weight is 520 g/mol. The number of rotatable bonds is 6. The van der Waals surface area contributed by atoms with Crippen LogP contribution in [0.2, 0.25) is 0 Å². The van der Waals surface area contributed by atoms with Crippen molar-refractivity contribution in [3.05, 3.63) is 42.0 Å². The highest BCUT2D eigenvalue weighted by molar-refractivity contribution is 5.97. The Hall–Kier alpha value is -3.73. The Morgan fingerprint density at radius 3 is 2.68 bits per heavy atom. The second-order valence-electron chi connectivity index (χ2n) is 10.5. The molecule has 0 unspecified atom stereocenters. The summed E-state index contributed by atoms with van der Waals surface area (Å²) >= 11 is 0. The maximum absolute atomic E-state index is 12.4. The summed E-state index contributed by atoms with van der Waals surface area (Å²) in [5.74, 6) is 2.09. The van der Waals surface area contributed by atoms with Crippen LogP contribution in [0.15, 0.2) is 35.1 Å². The molecule has 38 heavy (non-hydrogen) atoms. The highest BCUT2D eigenvalue weighted by atomic mass is 16.5. The molecule has 2 aromatic heterocycles. The molecular formula is C27H33N7O4. The van der Waals surface area contributed by atoms with E-state index in [-0.39, 0.29) is 17.9 Å². The lowest BCUT2D eigenvalue weighted by Crippen LogP contribution is -2.44. The number of amides is 1. The third-order valence-electron chi connectivity index (χ3n) is 7.53. The maximum atomic E-state index is 12.4. The first-order valence-electron chi connectivity index (χ1n) is 13.4. The third-order valence-corrected chi connectivity index (χ3v) is 7.53. The number of hydrogen-bond acceptors (Lipinski definition) is 10. The average Bonchev–Trinajstić information content (AvgIpc) is 3.59. The molecule has 0 radical (unpaired) electrons. The van der Waals surface area contributed by atoms with Crippen LogP contribution in [0.4, 0.5) is 23.2 Å². The molecule has 3 aromatic rings. The van der Waals surface area contributed by atoms with Crippen molar-refractivity contribution in [2.45, 2.75) is 64.1 Å². The van der Waals surface area contributed by atoms with Gasteiger partial charge in [0.1, 0.15) is 24.4 Å². The van der Waals surface area contributed by atoms with Crippen molar-refractivity contribution >= 4 is 29.1 Å². The van der Waals surface area contributed by atoms with Gasteiger partial charge in [-0.1, -0.05) is 19.0 Å². The number of piperidine rings is 2. The fourth-order valence-electron chi connectivity index (χ4n) is 5.37. The minimum atomic E-state index is -0.906. The number of fused-ring (bicyclic) bond motifs is 1. The monoisotopic (exact) mass is 519 g/mol. The third kappa shape index (κ3) is 4.78. The SMILES string of the molecule is CC(C)c1noc(N2CCC(Oc3cc(N4CCc5cc(N6CCC[C@@H](O)C6=O)ccc54)ncn3)CC2)n1. The standard InChI is InChI=1S/C27H33N7O4/c1-17(2)25-30-27(38-31-25)32-11-8-20(9-12-32)37-24-15-23(28-16-29-24)34-13-7-18-14-19(5-6-21(18)34)33-10-3-4-22(35)26(33)36/h5-6,14-17,20,22,35H,3-4,7-13H2,1-2H3/t22-/m1/s1. The van der Waals surface area contributed by atoms with E-state index >= 15 is 0 Å². The summed E-state index contributed by atoms with van der Waals surface area (Å²) in [7, 11) is 0. The van der Waals surface area contributed by atoms with Gasteiger partial charge in [0.2, 0.25) is 5.88 Å². The number of aromatic nitrogens is 4. The molecule has 11 heteroatoms. The first kappa shape index (κ1) is 24.6. The molecule has 1 N–H and O–H groups in total. The van der Waals surface area contributed by atoms with Crippen molar-refractivity contribution in [1.82, 2.24) is 20.1 Å². The first-order valence-corrected chi connectivity index (χ1v) is 13.4. The minimum absolute atomic E-state index is 0.0485. The van der Waals surface area contributed by atoms with E-state index in [0.717, 1.165) is 73.9 Å². The molecule has 0 bridgehead atoms. The molecule has 5 heterocycles. The minimum Gasteiger partial charge on any atom is -0.474 e. The number of aliphatic hydroxyl groups excluding tert-OH is 1. The molecule has 3 aliphatic rings. The molecule has 6 rings (SSSR count). The quantitative estimate of drug-likeness (QED) is 0.520. The van der Waals surface area contributed by atoms with Crippen LogP contribution in [0, 0.1) is 0 Å². The van der Waals surface area contributed by atoms with Crippen LogP contribution in [0.25, 0.3) is 0 Å². The van der Waals surface area contributed by atoms with Gasteiger partial charge in [-0.2, -0.15) is 4.98 Å². The molecule has 2 fully saturated rings. The number of ether oxygens (including phenoxy) is 1. The molecule has 0 aliphatic carbocycles. The highest BCUT2D eigenvalue weighted by Gasteiger charge is 2.30. The number of carbonyl (C=O) groups is 1. The lowest BCUT2D eigenvalue weighted by molar-refractivity contribution is -0.128. The summed E-state index contributed by atoms with van der Waals surface area (Å²) in [5.41, 5.74) is 3.07. The van der Waals surface area contributed by atoms with E-state index in [1.165, 1.54) is 0 Å². The summed E-state index contributed by atoms with van der Waals surface area (Å²) < 4.78 is 11.7. The van der Waals surface area contributed by atoms with Gasteiger partial charge in [0, 0.05) is 62.4 Å². The molecular weight excluding hydrogens is 486 g/mol. The molecule has 2 saturated heterocycles. The van der Waals surface area contributed by atoms with Gasteiger partial charge in [0.05, 0.1) is 0 Å². The van der Waals surface area contributed by atoms with Crippen LogP contribution in [-0.4, -0.2) is 69.5 Å². The van der Waals surface area contributed by atoms with E-state index < -0.39 is 6.10 Å². The van der Waals surface area contributed by atoms with Crippen LogP contribution in [0.5, 0.6) is 5.88 Å². The lowest BCUT2D eigenvalue weighted by Gasteiger charge is -2.30. The Labute approximate surface area is 221 Å². The number of hydrogen-bond donors (Lipinski definition) is 1. The Morgan fingerprint density at radius 1 is 1.05 bits per heavy atom. The summed E-state index contributed by atoms with van der Waals surface area (Å²) in [6.45, 7) is 7.07. The largest absolute Gasteiger partial charge is 0.474 e. The number of nitrogens with zero attached hydrogens (tertiary/aromatic N) is 7. The fraction of sp³-hybridized carbons (Fsp3) is 0.519. The van der Waals surface area contributed by atoms with Crippen LogP contribution in [0.3, 0.4) is 0 Å². The predicted molar refractivity (Wildman–Crippen MR) is 141 cm³/mol. The van der Waals surface area contributed by atoms with Crippen LogP contribution >= 0.6 is 0 Å². The highest BCUT2D eigenvalue weighted by Crippen LogP contribution is 2.37. The molecule has 1 atom stereocenters. The van der Waals surface area contributed by atoms with Crippen molar-refractivity contribution < 1.29 is 19.2 Å². The molecule has 1 amide bonds. The summed E-state index contributed by atoms with van der Waals surface area (Å²) in [4.78, 5) is 31.8. The van der Waals surface area contributed by atoms with E-state index in [0.29, 0.717) is 24.9 Å². The molecule has 3 aliphatic heterocycles. The number of anilines is 4. The summed E-state index contributed by atoms with van der Waals surface area (Å²) in [6, 6.07) is 8.52. The maximum Gasteiger partial charge on any atom is 0.324 e. The van der Waals surface area contributed by atoms with Crippen molar-refractivity contribution in [3.63, 3.8) is 0 Å². The van der Waals surface area contributed by atoms with Gasteiger partial charge < -0.3 is 29.1 Å². The van der Waals surface area contributed by atoms with Gasteiger partial charge in [-0.3, -0.25) is 4.79 Å². The second kappa shape index (κ2) is 10.2. The van der Waals surface area contributed by atoms with Gasteiger partial charge >= 0.3 is 6.01 Å². The van der Waals surface area contributed by atoms with Crippen molar-refractivity contribution in [2.24, 2.45) is 0 Å². The van der Waals surface area contributed by atoms with E-state index in [1.807, 2.05) is 32.0 Å². The molecule has 0 spiro atoms. The zero-order valence-electron chi connectivity index (χ0n) is 21.8. The Kier molecular flexibility index (Phi) is 6.61. The zero-order chi connectivity index (χ0) is 26.2. The topological polar surface area (TPSA) is 121 Å². The first-order chi connectivity index (χ1) is 18.5. The van der Waals surface area contributed by atoms with Crippen molar-refractivity contribution in [3.8, 4) is 5.88 Å². The number of carbonyl (C=O) groups excluding carboxylic acids is 1. The van der Waals surface area contributed by atoms with Crippen molar-refractivity contribution in [2.75, 3.05) is 40.9 Å². The summed E-state index contributed by atoms with van der Waals surface area (Å²) in [5, 5.41) is 14.1. The van der Waals surface area contributed by atoms with Gasteiger partial charge in [-0.25, -0.2) is 9.97 Å². The Balaban J connectivity index is 1.10. The van der Waals surface area contributed by atoms with Gasteiger partial charge in [0.25, 0.3) is 5.91 Å². The van der Waals surface area contributed by atoms with Gasteiger partial charge in [-0.05, 0) is 43.0 Å². The molecule has 1 aromatic carbocycles. The Bertz CT molecular complexity index is 1300.